The number of nitrogens with one attached hydrogen (secondary N) is 1. The average Bonchev–Trinajstić information content (AvgIpc) is 2.71. The van der Waals surface area contributed by atoms with Crippen LogP contribution >= 0.6 is 11.6 Å². The van der Waals surface area contributed by atoms with Gasteiger partial charge >= 0.3 is 0 Å². The van der Waals surface area contributed by atoms with Crippen molar-refractivity contribution in [1.82, 2.24) is 15.2 Å². The third-order valence-corrected chi connectivity index (χ3v) is 4.93. The third-order valence-electron chi connectivity index (χ3n) is 4.68. The number of carbonyl (C=O) groups excluding carboxylic acids is 2. The smallest absolute Gasteiger partial charge is 0.224 e. The SMILES string of the molecule is O=C(NCCCOc1cccnc1)[C@@H]1CCC(=O)N(Cc2ccc(Cl)cc2)C1. The molecule has 2 aromatic rings. The lowest BCUT2D eigenvalue weighted by Crippen LogP contribution is -2.45. The van der Waals surface area contributed by atoms with E-state index in [0.717, 1.165) is 11.3 Å². The predicted molar refractivity (Wildman–Crippen MR) is 107 cm³/mol. The van der Waals surface area contributed by atoms with Crippen LogP contribution in [-0.4, -0.2) is 41.4 Å². The number of nitrogens with zero attached hydrogens (tertiary/aromatic N) is 2. The molecule has 2 amide bonds. The van der Waals surface area contributed by atoms with Gasteiger partial charge in [-0.15, -0.1) is 0 Å². The number of piperidine rings is 1. The second-order valence-electron chi connectivity index (χ2n) is 6.82. The topological polar surface area (TPSA) is 71.5 Å². The second-order valence-corrected chi connectivity index (χ2v) is 7.25. The summed E-state index contributed by atoms with van der Waals surface area (Å²) in [4.78, 5) is 30.4. The molecule has 0 saturated carbocycles. The summed E-state index contributed by atoms with van der Waals surface area (Å²) in [5.41, 5.74) is 1.01. The molecule has 0 radical (unpaired) electrons. The average molecular weight is 402 g/mol. The van der Waals surface area contributed by atoms with Gasteiger partial charge in [-0.2, -0.15) is 0 Å². The van der Waals surface area contributed by atoms with Gasteiger partial charge in [0.05, 0.1) is 18.7 Å². The number of rotatable bonds is 8. The highest BCUT2D eigenvalue weighted by atomic mass is 35.5. The van der Waals surface area contributed by atoms with Crippen molar-refractivity contribution >= 4 is 23.4 Å². The van der Waals surface area contributed by atoms with E-state index in [1.54, 1.807) is 17.3 Å². The van der Waals surface area contributed by atoms with Gasteiger partial charge < -0.3 is 15.0 Å². The first kappa shape index (κ1) is 20.1. The van der Waals surface area contributed by atoms with Crippen LogP contribution in [0.5, 0.6) is 5.75 Å². The Hall–Kier alpha value is -2.60. The molecule has 3 rings (SSSR count). The third kappa shape index (κ3) is 5.96. The van der Waals surface area contributed by atoms with Crippen LogP contribution in [0.4, 0.5) is 0 Å². The molecule has 0 bridgehead atoms. The number of halogens is 1. The molecular formula is C21H24ClN3O3. The molecule has 7 heteroatoms. The van der Waals surface area contributed by atoms with Crippen molar-refractivity contribution in [3.8, 4) is 5.75 Å². The Morgan fingerprint density at radius 2 is 2.11 bits per heavy atom. The predicted octanol–water partition coefficient (Wildman–Crippen LogP) is 3.06. The minimum absolute atomic E-state index is 0.00464. The molecule has 1 saturated heterocycles. The van der Waals surface area contributed by atoms with Gasteiger partial charge in [0.25, 0.3) is 0 Å². The van der Waals surface area contributed by atoms with Crippen LogP contribution in [-0.2, 0) is 16.1 Å². The van der Waals surface area contributed by atoms with Crippen LogP contribution in [0.15, 0.2) is 48.8 Å². The fraction of sp³-hybridized carbons (Fsp3) is 0.381. The van der Waals surface area contributed by atoms with E-state index in [0.29, 0.717) is 50.5 Å². The summed E-state index contributed by atoms with van der Waals surface area (Å²) in [7, 11) is 0. The van der Waals surface area contributed by atoms with Crippen LogP contribution in [0.1, 0.15) is 24.8 Å². The maximum atomic E-state index is 12.5. The molecule has 6 nitrogen and oxygen atoms in total. The maximum absolute atomic E-state index is 12.5. The highest BCUT2D eigenvalue weighted by Crippen LogP contribution is 2.21. The molecule has 1 aromatic carbocycles. The van der Waals surface area contributed by atoms with Gasteiger partial charge in [0.2, 0.25) is 11.8 Å². The summed E-state index contributed by atoms with van der Waals surface area (Å²) in [5, 5.41) is 3.62. The lowest BCUT2D eigenvalue weighted by atomic mass is 9.96. The van der Waals surface area contributed by atoms with Crippen molar-refractivity contribution in [2.45, 2.75) is 25.8 Å². The van der Waals surface area contributed by atoms with Gasteiger partial charge in [-0.3, -0.25) is 14.6 Å². The molecule has 0 spiro atoms. The number of aromatic nitrogens is 1. The molecule has 148 valence electrons. The van der Waals surface area contributed by atoms with E-state index in [2.05, 4.69) is 10.3 Å². The Balaban J connectivity index is 1.40. The number of likely N-dealkylation sites (tertiary alicyclic amines) is 1. The van der Waals surface area contributed by atoms with Crippen molar-refractivity contribution in [2.24, 2.45) is 5.92 Å². The Morgan fingerprint density at radius 3 is 2.86 bits per heavy atom. The number of hydrogen-bond acceptors (Lipinski definition) is 4. The van der Waals surface area contributed by atoms with E-state index in [4.69, 9.17) is 16.3 Å². The van der Waals surface area contributed by atoms with E-state index < -0.39 is 0 Å². The summed E-state index contributed by atoms with van der Waals surface area (Å²) in [6.07, 6.45) is 5.05. The van der Waals surface area contributed by atoms with E-state index in [1.807, 2.05) is 36.4 Å². The highest BCUT2D eigenvalue weighted by Gasteiger charge is 2.30. The molecular weight excluding hydrogens is 378 g/mol. The molecule has 0 unspecified atom stereocenters. The zero-order valence-electron chi connectivity index (χ0n) is 15.6. The van der Waals surface area contributed by atoms with Crippen LogP contribution in [0, 0.1) is 5.92 Å². The van der Waals surface area contributed by atoms with Crippen LogP contribution in [0.3, 0.4) is 0 Å². The monoisotopic (exact) mass is 401 g/mol. The van der Waals surface area contributed by atoms with Crippen LogP contribution < -0.4 is 10.1 Å². The number of carbonyl (C=O) groups is 2. The van der Waals surface area contributed by atoms with E-state index in [1.165, 1.54) is 0 Å². The Kier molecular flexibility index (Phi) is 7.25. The van der Waals surface area contributed by atoms with Crippen molar-refractivity contribution < 1.29 is 14.3 Å². The summed E-state index contributed by atoms with van der Waals surface area (Å²) in [6.45, 7) is 2.00. The molecule has 1 aliphatic heterocycles. The first-order valence-corrected chi connectivity index (χ1v) is 9.82. The number of ether oxygens (including phenoxy) is 1. The van der Waals surface area contributed by atoms with Gasteiger partial charge in [0, 0.05) is 37.3 Å². The standard InChI is InChI=1S/C21H24ClN3O3/c22-18-7-4-16(5-8-18)14-25-15-17(6-9-20(25)26)21(27)24-11-2-12-28-19-3-1-10-23-13-19/h1,3-5,7-8,10,13,17H,2,6,9,11-12,14-15H2,(H,24,27)/t17-/m1/s1. The summed E-state index contributed by atoms with van der Waals surface area (Å²) < 4.78 is 5.56. The molecule has 1 fully saturated rings. The molecule has 1 N–H and O–H groups in total. The molecule has 1 aromatic heterocycles. The van der Waals surface area contributed by atoms with Gasteiger partial charge in [0.1, 0.15) is 5.75 Å². The van der Waals surface area contributed by atoms with Crippen molar-refractivity contribution in [3.63, 3.8) is 0 Å². The number of pyridine rings is 1. The highest BCUT2D eigenvalue weighted by molar-refractivity contribution is 6.30. The molecule has 2 heterocycles. The molecule has 0 aliphatic carbocycles. The van der Waals surface area contributed by atoms with E-state index >= 15 is 0 Å². The van der Waals surface area contributed by atoms with Gasteiger partial charge in [0.15, 0.2) is 0 Å². The largest absolute Gasteiger partial charge is 0.492 e. The fourth-order valence-electron chi connectivity index (χ4n) is 3.14. The van der Waals surface area contributed by atoms with Crippen LogP contribution in [0.25, 0.3) is 0 Å². The van der Waals surface area contributed by atoms with Crippen molar-refractivity contribution in [3.05, 3.63) is 59.4 Å². The summed E-state index contributed by atoms with van der Waals surface area (Å²) in [5.74, 6) is 0.626. The maximum Gasteiger partial charge on any atom is 0.224 e. The molecule has 28 heavy (non-hydrogen) atoms. The van der Waals surface area contributed by atoms with Crippen molar-refractivity contribution in [1.29, 1.82) is 0 Å². The fourth-order valence-corrected chi connectivity index (χ4v) is 3.27. The Morgan fingerprint density at radius 1 is 1.29 bits per heavy atom. The molecule has 1 aliphatic rings. The van der Waals surface area contributed by atoms with E-state index in [9.17, 15) is 9.59 Å². The Bertz CT molecular complexity index is 783. The minimum Gasteiger partial charge on any atom is -0.492 e. The Labute approximate surface area is 169 Å². The van der Waals surface area contributed by atoms with Crippen molar-refractivity contribution in [2.75, 3.05) is 19.7 Å². The minimum atomic E-state index is -0.177. The quantitative estimate of drug-likeness (QED) is 0.690. The van der Waals surface area contributed by atoms with Gasteiger partial charge in [-0.05, 0) is 42.7 Å². The second kappa shape index (κ2) is 10.1. The summed E-state index contributed by atoms with van der Waals surface area (Å²) in [6, 6.07) is 11.1. The lowest BCUT2D eigenvalue weighted by molar-refractivity contribution is -0.138. The number of hydrogen-bond donors (Lipinski definition) is 1. The van der Waals surface area contributed by atoms with Gasteiger partial charge in [-0.1, -0.05) is 23.7 Å². The van der Waals surface area contributed by atoms with E-state index in [-0.39, 0.29) is 17.7 Å². The zero-order chi connectivity index (χ0) is 19.8. The molecule has 1 atom stereocenters. The summed E-state index contributed by atoms with van der Waals surface area (Å²) >= 11 is 5.91. The zero-order valence-corrected chi connectivity index (χ0v) is 16.4. The first-order chi connectivity index (χ1) is 13.6. The van der Waals surface area contributed by atoms with Crippen LogP contribution in [0.2, 0.25) is 5.02 Å². The first-order valence-electron chi connectivity index (χ1n) is 9.44. The van der Waals surface area contributed by atoms with Gasteiger partial charge in [-0.25, -0.2) is 0 Å². The number of amides is 2. The normalized spacial score (nSPS) is 16.7. The lowest BCUT2D eigenvalue weighted by Gasteiger charge is -2.32. The number of benzene rings is 1.